The fourth-order valence-corrected chi connectivity index (χ4v) is 1.95. The normalized spacial score (nSPS) is 11.1. The summed E-state index contributed by atoms with van der Waals surface area (Å²) in [5.41, 5.74) is 6.79. The average molecular weight is 256 g/mol. The summed E-state index contributed by atoms with van der Waals surface area (Å²) >= 11 is 0. The predicted molar refractivity (Wildman–Crippen MR) is 68.4 cm³/mol. The zero-order chi connectivity index (χ0) is 12.9. The molecule has 1 amide bonds. The van der Waals surface area contributed by atoms with Crippen LogP contribution in [0.15, 0.2) is 24.3 Å². The molecular weight excluding hydrogens is 240 g/mol. The Morgan fingerprint density at radius 3 is 2.41 bits per heavy atom. The van der Waals surface area contributed by atoms with Crippen molar-refractivity contribution in [3.63, 3.8) is 0 Å². The molecule has 0 aliphatic heterocycles. The highest BCUT2D eigenvalue weighted by Crippen LogP contribution is 2.11. The van der Waals surface area contributed by atoms with Crippen molar-refractivity contribution in [2.45, 2.75) is 12.8 Å². The lowest BCUT2D eigenvalue weighted by atomic mass is 10.2. The van der Waals surface area contributed by atoms with E-state index in [0.29, 0.717) is 17.8 Å². The molecule has 3 N–H and O–H groups in total. The lowest BCUT2D eigenvalue weighted by Gasteiger charge is -2.05. The molecule has 0 aliphatic rings. The van der Waals surface area contributed by atoms with Crippen molar-refractivity contribution in [3.8, 4) is 0 Å². The van der Waals surface area contributed by atoms with E-state index in [9.17, 15) is 13.2 Å². The van der Waals surface area contributed by atoms with Gasteiger partial charge in [0.25, 0.3) is 0 Å². The van der Waals surface area contributed by atoms with Crippen molar-refractivity contribution in [1.29, 1.82) is 0 Å². The highest BCUT2D eigenvalue weighted by atomic mass is 32.2. The Morgan fingerprint density at radius 2 is 1.88 bits per heavy atom. The van der Waals surface area contributed by atoms with Crippen molar-refractivity contribution in [2.24, 2.45) is 0 Å². The molecule has 0 aliphatic carbocycles. The van der Waals surface area contributed by atoms with Gasteiger partial charge in [-0.15, -0.1) is 0 Å². The van der Waals surface area contributed by atoms with Crippen LogP contribution < -0.4 is 11.1 Å². The molecule has 0 aromatic heterocycles. The summed E-state index contributed by atoms with van der Waals surface area (Å²) < 4.78 is 21.7. The van der Waals surface area contributed by atoms with Gasteiger partial charge in [0.05, 0.1) is 5.75 Å². The standard InChI is InChI=1S/C11H16N2O3S/c1-17(15,16)8-2-3-11(14)13-10-6-4-9(12)5-7-10/h4-7H,2-3,8,12H2,1H3,(H,13,14). The number of anilines is 2. The number of hydrogen-bond donors (Lipinski definition) is 2. The Morgan fingerprint density at radius 1 is 1.29 bits per heavy atom. The molecule has 0 unspecified atom stereocenters. The summed E-state index contributed by atoms with van der Waals surface area (Å²) in [6.07, 6.45) is 1.68. The first-order valence-electron chi connectivity index (χ1n) is 5.20. The molecule has 1 aromatic carbocycles. The minimum atomic E-state index is -2.99. The van der Waals surface area contributed by atoms with Crippen LogP contribution in [0.2, 0.25) is 0 Å². The van der Waals surface area contributed by atoms with Crippen molar-refractivity contribution in [3.05, 3.63) is 24.3 Å². The predicted octanol–water partition coefficient (Wildman–Crippen LogP) is 1.03. The number of nitrogen functional groups attached to an aromatic ring is 1. The van der Waals surface area contributed by atoms with Gasteiger partial charge < -0.3 is 11.1 Å². The lowest BCUT2D eigenvalue weighted by molar-refractivity contribution is -0.116. The maximum absolute atomic E-state index is 11.4. The van der Waals surface area contributed by atoms with Crippen molar-refractivity contribution >= 4 is 27.1 Å². The molecule has 94 valence electrons. The maximum atomic E-state index is 11.4. The number of hydrogen-bond acceptors (Lipinski definition) is 4. The summed E-state index contributed by atoms with van der Waals surface area (Å²) in [5.74, 6) is -0.166. The number of nitrogens with two attached hydrogens (primary N) is 1. The van der Waals surface area contributed by atoms with E-state index in [1.54, 1.807) is 24.3 Å². The molecule has 5 nitrogen and oxygen atoms in total. The molecule has 0 spiro atoms. The van der Waals surface area contributed by atoms with E-state index in [-0.39, 0.29) is 18.1 Å². The van der Waals surface area contributed by atoms with Crippen LogP contribution in [0.25, 0.3) is 0 Å². The summed E-state index contributed by atoms with van der Waals surface area (Å²) in [7, 11) is -2.99. The second-order valence-electron chi connectivity index (χ2n) is 3.90. The Hall–Kier alpha value is -1.56. The zero-order valence-corrected chi connectivity index (χ0v) is 10.5. The van der Waals surface area contributed by atoms with Crippen LogP contribution in [0.4, 0.5) is 11.4 Å². The van der Waals surface area contributed by atoms with Gasteiger partial charge in [0, 0.05) is 24.1 Å². The van der Waals surface area contributed by atoms with Gasteiger partial charge in [-0.3, -0.25) is 4.79 Å². The van der Waals surface area contributed by atoms with Crippen LogP contribution in [0.1, 0.15) is 12.8 Å². The van der Waals surface area contributed by atoms with E-state index in [4.69, 9.17) is 5.73 Å². The van der Waals surface area contributed by atoms with E-state index in [1.165, 1.54) is 0 Å². The fraction of sp³-hybridized carbons (Fsp3) is 0.364. The minimum Gasteiger partial charge on any atom is -0.399 e. The monoisotopic (exact) mass is 256 g/mol. The van der Waals surface area contributed by atoms with Gasteiger partial charge in [0.2, 0.25) is 5.91 Å². The average Bonchev–Trinajstić information content (AvgIpc) is 2.19. The second kappa shape index (κ2) is 5.67. The van der Waals surface area contributed by atoms with Crippen LogP contribution in [0.5, 0.6) is 0 Å². The summed E-state index contributed by atoms with van der Waals surface area (Å²) in [4.78, 5) is 11.4. The topological polar surface area (TPSA) is 89.3 Å². The molecule has 0 radical (unpaired) electrons. The Balaban J connectivity index is 2.37. The van der Waals surface area contributed by atoms with Crippen LogP contribution in [0.3, 0.4) is 0 Å². The van der Waals surface area contributed by atoms with Gasteiger partial charge in [-0.2, -0.15) is 0 Å². The first-order valence-corrected chi connectivity index (χ1v) is 7.26. The number of rotatable bonds is 5. The third-order valence-corrected chi connectivity index (χ3v) is 3.14. The Labute approximate surface area is 101 Å². The number of nitrogens with one attached hydrogen (secondary N) is 1. The first-order chi connectivity index (χ1) is 7.87. The Bertz CT molecular complexity index is 480. The molecule has 6 heteroatoms. The molecule has 1 rings (SSSR count). The summed E-state index contributed by atoms with van der Waals surface area (Å²) in [6, 6.07) is 6.77. The van der Waals surface area contributed by atoms with Crippen LogP contribution in [-0.2, 0) is 14.6 Å². The van der Waals surface area contributed by atoms with Crippen LogP contribution >= 0.6 is 0 Å². The highest BCUT2D eigenvalue weighted by molar-refractivity contribution is 7.90. The number of benzene rings is 1. The molecule has 0 saturated heterocycles. The molecule has 17 heavy (non-hydrogen) atoms. The van der Waals surface area contributed by atoms with Crippen molar-refractivity contribution < 1.29 is 13.2 Å². The number of carbonyl (C=O) groups is 1. The van der Waals surface area contributed by atoms with Crippen LogP contribution in [-0.4, -0.2) is 26.3 Å². The smallest absolute Gasteiger partial charge is 0.224 e. The van der Waals surface area contributed by atoms with Crippen molar-refractivity contribution in [2.75, 3.05) is 23.1 Å². The quantitative estimate of drug-likeness (QED) is 0.770. The van der Waals surface area contributed by atoms with Crippen molar-refractivity contribution in [1.82, 2.24) is 0 Å². The van der Waals surface area contributed by atoms with Gasteiger partial charge in [0.15, 0.2) is 0 Å². The SMILES string of the molecule is CS(=O)(=O)CCCC(=O)Nc1ccc(N)cc1. The highest BCUT2D eigenvalue weighted by Gasteiger charge is 2.06. The van der Waals surface area contributed by atoms with E-state index < -0.39 is 9.84 Å². The number of sulfone groups is 1. The molecule has 0 heterocycles. The Kier molecular flexibility index (Phi) is 4.51. The minimum absolute atomic E-state index is 0.0299. The van der Waals surface area contributed by atoms with Gasteiger partial charge in [-0.05, 0) is 30.7 Å². The molecule has 0 atom stereocenters. The largest absolute Gasteiger partial charge is 0.399 e. The van der Waals surface area contributed by atoms with E-state index in [1.807, 2.05) is 0 Å². The third kappa shape index (κ3) is 5.91. The summed E-state index contributed by atoms with van der Waals surface area (Å²) in [6.45, 7) is 0. The molecule has 1 aromatic rings. The van der Waals surface area contributed by atoms with E-state index in [0.717, 1.165) is 6.26 Å². The fourth-order valence-electron chi connectivity index (χ4n) is 1.28. The van der Waals surface area contributed by atoms with Gasteiger partial charge >= 0.3 is 0 Å². The maximum Gasteiger partial charge on any atom is 0.224 e. The molecule has 0 fully saturated rings. The van der Waals surface area contributed by atoms with E-state index in [2.05, 4.69) is 5.32 Å². The number of amides is 1. The van der Waals surface area contributed by atoms with Crippen LogP contribution in [0, 0.1) is 0 Å². The second-order valence-corrected chi connectivity index (χ2v) is 6.16. The zero-order valence-electron chi connectivity index (χ0n) is 9.64. The first kappa shape index (κ1) is 13.5. The number of carbonyl (C=O) groups excluding carboxylic acids is 1. The van der Waals surface area contributed by atoms with Gasteiger partial charge in [0.1, 0.15) is 9.84 Å². The van der Waals surface area contributed by atoms with E-state index >= 15 is 0 Å². The molecule has 0 saturated carbocycles. The van der Waals surface area contributed by atoms with Gasteiger partial charge in [-0.25, -0.2) is 8.42 Å². The molecular formula is C11H16N2O3S. The molecule has 0 bridgehead atoms. The lowest BCUT2D eigenvalue weighted by Crippen LogP contribution is -2.13. The summed E-state index contributed by atoms with van der Waals surface area (Å²) in [5, 5.41) is 2.67. The van der Waals surface area contributed by atoms with Gasteiger partial charge in [-0.1, -0.05) is 0 Å². The third-order valence-electron chi connectivity index (χ3n) is 2.11.